The molecule has 0 aliphatic heterocycles. The van der Waals surface area contributed by atoms with Gasteiger partial charge in [0, 0.05) is 6.54 Å². The maximum absolute atomic E-state index is 11.0. The predicted molar refractivity (Wildman–Crippen MR) is 87.4 cm³/mol. The molecule has 0 atom stereocenters. The molecule has 4 nitrogen and oxygen atoms in total. The molecule has 0 aromatic heterocycles. The van der Waals surface area contributed by atoms with Gasteiger partial charge in [0.2, 0.25) is 5.91 Å². The van der Waals surface area contributed by atoms with E-state index in [4.69, 9.17) is 10.5 Å². The van der Waals surface area contributed by atoms with Crippen LogP contribution < -0.4 is 10.5 Å². The van der Waals surface area contributed by atoms with Crippen LogP contribution in [0.2, 0.25) is 0 Å². The summed E-state index contributed by atoms with van der Waals surface area (Å²) >= 11 is 0. The Morgan fingerprint density at radius 3 is 2.32 bits per heavy atom. The van der Waals surface area contributed by atoms with Crippen LogP contribution in [0, 0.1) is 0 Å². The summed E-state index contributed by atoms with van der Waals surface area (Å²) in [6.07, 6.45) is 0. The summed E-state index contributed by atoms with van der Waals surface area (Å²) < 4.78 is 5.76. The van der Waals surface area contributed by atoms with Crippen molar-refractivity contribution in [1.82, 2.24) is 4.90 Å². The molecule has 22 heavy (non-hydrogen) atoms. The summed E-state index contributed by atoms with van der Waals surface area (Å²) in [6.45, 7) is 4.35. The van der Waals surface area contributed by atoms with E-state index >= 15 is 0 Å². The summed E-state index contributed by atoms with van der Waals surface area (Å²) in [4.78, 5) is 13.0. The molecule has 2 aromatic rings. The van der Waals surface area contributed by atoms with E-state index in [-0.39, 0.29) is 12.5 Å². The second kappa shape index (κ2) is 8.20. The zero-order valence-corrected chi connectivity index (χ0v) is 12.9. The van der Waals surface area contributed by atoms with Crippen molar-refractivity contribution in [2.24, 2.45) is 5.73 Å². The van der Waals surface area contributed by atoms with Gasteiger partial charge in [-0.25, -0.2) is 0 Å². The van der Waals surface area contributed by atoms with Crippen LogP contribution in [0.1, 0.15) is 18.1 Å². The first kappa shape index (κ1) is 16.0. The molecule has 116 valence electrons. The molecule has 0 aliphatic rings. The molecule has 0 saturated carbocycles. The van der Waals surface area contributed by atoms with E-state index < -0.39 is 0 Å². The third kappa shape index (κ3) is 5.22. The minimum absolute atomic E-state index is 0.281. The number of nitrogens with zero attached hydrogens (tertiary/aromatic N) is 1. The highest BCUT2D eigenvalue weighted by Gasteiger charge is 2.07. The lowest BCUT2D eigenvalue weighted by Gasteiger charge is -2.18. The smallest absolute Gasteiger partial charge is 0.231 e. The summed E-state index contributed by atoms with van der Waals surface area (Å²) in [5, 5.41) is 0. The van der Waals surface area contributed by atoms with Gasteiger partial charge in [-0.15, -0.1) is 0 Å². The van der Waals surface area contributed by atoms with E-state index in [1.54, 1.807) is 0 Å². The lowest BCUT2D eigenvalue weighted by atomic mass is 10.2. The SMILES string of the molecule is CCN(CC(N)=O)Cc1ccc(OCc2ccccc2)cc1. The molecule has 4 heteroatoms. The Morgan fingerprint density at radius 2 is 1.73 bits per heavy atom. The van der Waals surface area contributed by atoms with Gasteiger partial charge in [0.05, 0.1) is 6.54 Å². The van der Waals surface area contributed by atoms with Crippen LogP contribution >= 0.6 is 0 Å². The molecule has 0 aliphatic carbocycles. The predicted octanol–water partition coefficient (Wildman–Crippen LogP) is 2.57. The minimum Gasteiger partial charge on any atom is -0.489 e. The second-order valence-electron chi connectivity index (χ2n) is 5.19. The number of primary amides is 1. The number of nitrogens with two attached hydrogens (primary N) is 1. The molecule has 2 aromatic carbocycles. The lowest BCUT2D eigenvalue weighted by molar-refractivity contribution is -0.119. The highest BCUT2D eigenvalue weighted by atomic mass is 16.5. The highest BCUT2D eigenvalue weighted by Crippen LogP contribution is 2.15. The van der Waals surface area contributed by atoms with Crippen molar-refractivity contribution in [3.05, 3.63) is 65.7 Å². The van der Waals surface area contributed by atoms with Gasteiger partial charge in [-0.05, 0) is 29.8 Å². The van der Waals surface area contributed by atoms with Crippen molar-refractivity contribution in [2.75, 3.05) is 13.1 Å². The molecule has 1 amide bonds. The van der Waals surface area contributed by atoms with Crippen LogP contribution in [-0.2, 0) is 17.9 Å². The monoisotopic (exact) mass is 298 g/mol. The van der Waals surface area contributed by atoms with Crippen molar-refractivity contribution >= 4 is 5.91 Å². The summed E-state index contributed by atoms with van der Waals surface area (Å²) in [6, 6.07) is 18.0. The first-order valence-electron chi connectivity index (χ1n) is 7.43. The molecular weight excluding hydrogens is 276 g/mol. The Morgan fingerprint density at radius 1 is 1.05 bits per heavy atom. The summed E-state index contributed by atoms with van der Waals surface area (Å²) in [7, 11) is 0. The first-order valence-corrected chi connectivity index (χ1v) is 7.43. The van der Waals surface area contributed by atoms with E-state index in [0.29, 0.717) is 13.2 Å². The number of carbonyl (C=O) groups is 1. The van der Waals surface area contributed by atoms with Gasteiger partial charge in [-0.1, -0.05) is 49.4 Å². The van der Waals surface area contributed by atoms with E-state index in [9.17, 15) is 4.79 Å². The van der Waals surface area contributed by atoms with Crippen molar-refractivity contribution in [3.8, 4) is 5.75 Å². The number of rotatable bonds is 8. The zero-order chi connectivity index (χ0) is 15.8. The average Bonchev–Trinajstić information content (AvgIpc) is 2.54. The molecule has 0 heterocycles. The largest absolute Gasteiger partial charge is 0.489 e. The Balaban J connectivity index is 1.88. The van der Waals surface area contributed by atoms with Crippen LogP contribution in [0.4, 0.5) is 0 Å². The van der Waals surface area contributed by atoms with Crippen molar-refractivity contribution < 1.29 is 9.53 Å². The van der Waals surface area contributed by atoms with Crippen LogP contribution in [0.25, 0.3) is 0 Å². The maximum Gasteiger partial charge on any atom is 0.231 e. The number of hydrogen-bond acceptors (Lipinski definition) is 3. The Bertz CT molecular complexity index is 582. The van der Waals surface area contributed by atoms with E-state index in [2.05, 4.69) is 0 Å². The number of benzene rings is 2. The topological polar surface area (TPSA) is 55.6 Å². The van der Waals surface area contributed by atoms with Gasteiger partial charge in [-0.2, -0.15) is 0 Å². The third-order valence-electron chi connectivity index (χ3n) is 3.40. The lowest BCUT2D eigenvalue weighted by Crippen LogP contribution is -2.33. The van der Waals surface area contributed by atoms with E-state index in [1.165, 1.54) is 0 Å². The second-order valence-corrected chi connectivity index (χ2v) is 5.19. The zero-order valence-electron chi connectivity index (χ0n) is 12.9. The number of carbonyl (C=O) groups excluding carboxylic acids is 1. The van der Waals surface area contributed by atoms with Gasteiger partial charge in [0.1, 0.15) is 12.4 Å². The van der Waals surface area contributed by atoms with Crippen LogP contribution in [-0.4, -0.2) is 23.9 Å². The molecule has 0 saturated heterocycles. The fourth-order valence-electron chi connectivity index (χ4n) is 2.19. The molecule has 0 radical (unpaired) electrons. The highest BCUT2D eigenvalue weighted by molar-refractivity contribution is 5.75. The van der Waals surface area contributed by atoms with Crippen molar-refractivity contribution in [2.45, 2.75) is 20.1 Å². The molecule has 0 unspecified atom stereocenters. The van der Waals surface area contributed by atoms with Crippen LogP contribution in [0.5, 0.6) is 5.75 Å². The minimum atomic E-state index is -0.301. The standard InChI is InChI=1S/C18H22N2O2/c1-2-20(13-18(19)21)12-15-8-10-17(11-9-15)22-14-16-6-4-3-5-7-16/h3-11H,2,12-14H2,1H3,(H2,19,21). The van der Waals surface area contributed by atoms with Crippen LogP contribution in [0.3, 0.4) is 0 Å². The Hall–Kier alpha value is -2.33. The van der Waals surface area contributed by atoms with Gasteiger partial charge in [-0.3, -0.25) is 9.69 Å². The van der Waals surface area contributed by atoms with E-state index in [0.717, 1.165) is 23.4 Å². The van der Waals surface area contributed by atoms with Gasteiger partial charge >= 0.3 is 0 Å². The Labute approximate surface area is 131 Å². The molecule has 2 N–H and O–H groups in total. The van der Waals surface area contributed by atoms with Crippen molar-refractivity contribution in [1.29, 1.82) is 0 Å². The third-order valence-corrected chi connectivity index (χ3v) is 3.40. The fourth-order valence-corrected chi connectivity index (χ4v) is 2.19. The molecule has 0 fully saturated rings. The molecule has 0 bridgehead atoms. The van der Waals surface area contributed by atoms with E-state index in [1.807, 2.05) is 66.4 Å². The Kier molecular flexibility index (Phi) is 5.98. The number of likely N-dealkylation sites (N-methyl/N-ethyl adjacent to an activating group) is 1. The fraction of sp³-hybridized carbons (Fsp3) is 0.278. The van der Waals surface area contributed by atoms with Crippen molar-refractivity contribution in [3.63, 3.8) is 0 Å². The number of ether oxygens (including phenoxy) is 1. The molecule has 2 rings (SSSR count). The summed E-state index contributed by atoms with van der Waals surface area (Å²) in [5.74, 6) is 0.537. The molecular formula is C18H22N2O2. The van der Waals surface area contributed by atoms with Gasteiger partial charge < -0.3 is 10.5 Å². The number of hydrogen-bond donors (Lipinski definition) is 1. The van der Waals surface area contributed by atoms with Gasteiger partial charge in [0.15, 0.2) is 0 Å². The molecule has 0 spiro atoms. The normalized spacial score (nSPS) is 10.6. The quantitative estimate of drug-likeness (QED) is 0.815. The van der Waals surface area contributed by atoms with Gasteiger partial charge in [0.25, 0.3) is 0 Å². The maximum atomic E-state index is 11.0. The van der Waals surface area contributed by atoms with Crippen LogP contribution in [0.15, 0.2) is 54.6 Å². The average molecular weight is 298 g/mol. The number of amides is 1. The first-order chi connectivity index (χ1) is 10.7. The summed E-state index contributed by atoms with van der Waals surface area (Å²) in [5.41, 5.74) is 7.52.